The van der Waals surface area contributed by atoms with E-state index < -0.39 is 0 Å². The van der Waals surface area contributed by atoms with E-state index in [9.17, 15) is 4.79 Å². The van der Waals surface area contributed by atoms with Crippen molar-refractivity contribution >= 4 is 33.8 Å². The number of carbonyl (C=O) groups excluding carboxylic acids is 1. The number of fused-ring (bicyclic) bond motifs is 1. The van der Waals surface area contributed by atoms with Crippen LogP contribution in [0, 0.1) is 0 Å². The molecule has 104 valence electrons. The largest absolute Gasteiger partial charge is 0.278 e. The molecular weight excluding hydrogens is 322 g/mol. The molecule has 0 bridgehead atoms. The molecule has 0 saturated heterocycles. The second-order valence-corrected chi connectivity index (χ2v) is 6.69. The number of amides is 1. The molecule has 0 fully saturated rings. The Hall–Kier alpha value is -0.480. The molecule has 0 unspecified atom stereocenters. The van der Waals surface area contributed by atoms with Gasteiger partial charge in [-0.1, -0.05) is 53.4 Å². The Kier molecular flexibility index (Phi) is 6.24. The zero-order chi connectivity index (χ0) is 13.5. The summed E-state index contributed by atoms with van der Waals surface area (Å²) < 4.78 is 1.91. The van der Waals surface area contributed by atoms with Gasteiger partial charge in [0.25, 0.3) is 5.91 Å². The van der Waals surface area contributed by atoms with E-state index in [1.165, 1.54) is 32.1 Å². The topological polar surface area (TPSA) is 20.3 Å². The highest BCUT2D eigenvalue weighted by Gasteiger charge is 2.26. The summed E-state index contributed by atoms with van der Waals surface area (Å²) >= 11 is 5.14. The first-order valence-corrected chi connectivity index (χ1v) is 8.98. The zero-order valence-electron chi connectivity index (χ0n) is 11.1. The molecule has 1 aromatic carbocycles. The summed E-state index contributed by atoms with van der Waals surface area (Å²) in [4.78, 5) is 12.1. The Labute approximate surface area is 128 Å². The van der Waals surface area contributed by atoms with E-state index in [4.69, 9.17) is 0 Å². The lowest BCUT2D eigenvalue weighted by Gasteiger charge is -2.13. The fourth-order valence-electron chi connectivity index (χ4n) is 2.23. The third-order valence-electron chi connectivity index (χ3n) is 3.31. The summed E-state index contributed by atoms with van der Waals surface area (Å²) in [5.41, 5.74) is 2.05. The number of hydrogen-bond donors (Lipinski definition) is 0. The number of benzene rings is 1. The van der Waals surface area contributed by atoms with Gasteiger partial charge < -0.3 is 0 Å². The summed E-state index contributed by atoms with van der Waals surface area (Å²) in [6, 6.07) is 7.92. The van der Waals surface area contributed by atoms with Gasteiger partial charge in [0.2, 0.25) is 0 Å². The van der Waals surface area contributed by atoms with Crippen LogP contribution < -0.4 is 0 Å². The minimum Gasteiger partial charge on any atom is -0.278 e. The Morgan fingerprint density at radius 3 is 2.63 bits per heavy atom. The molecule has 1 aliphatic rings. The van der Waals surface area contributed by atoms with Crippen LogP contribution >= 0.6 is 27.9 Å². The number of nitrogens with zero attached hydrogens (tertiary/aromatic N) is 1. The van der Waals surface area contributed by atoms with Crippen LogP contribution in [0.5, 0.6) is 0 Å². The highest BCUT2D eigenvalue weighted by atomic mass is 79.9. The SMILES string of the molecule is O=C1c2ccccc2CN1SCCCCCCCBr. The van der Waals surface area contributed by atoms with Crippen molar-refractivity contribution in [3.63, 3.8) is 0 Å². The molecule has 0 radical (unpaired) electrons. The molecule has 1 aromatic rings. The number of rotatable bonds is 8. The normalized spacial score (nSPS) is 13.9. The number of carbonyl (C=O) groups is 1. The van der Waals surface area contributed by atoms with Gasteiger partial charge in [0.15, 0.2) is 0 Å². The Morgan fingerprint density at radius 1 is 1.11 bits per heavy atom. The summed E-state index contributed by atoms with van der Waals surface area (Å²) in [6.45, 7) is 0.767. The molecule has 1 heterocycles. The van der Waals surface area contributed by atoms with Gasteiger partial charge in [0.05, 0.1) is 6.54 Å². The Balaban J connectivity index is 1.65. The van der Waals surface area contributed by atoms with Crippen molar-refractivity contribution in [2.24, 2.45) is 0 Å². The second-order valence-electron chi connectivity index (χ2n) is 4.79. The Morgan fingerprint density at radius 2 is 1.84 bits per heavy atom. The van der Waals surface area contributed by atoms with E-state index in [0.717, 1.165) is 28.8 Å². The van der Waals surface area contributed by atoms with Gasteiger partial charge in [0, 0.05) is 16.6 Å². The Bertz CT molecular complexity index is 424. The van der Waals surface area contributed by atoms with Crippen LogP contribution in [0.1, 0.15) is 48.0 Å². The maximum absolute atomic E-state index is 12.1. The van der Waals surface area contributed by atoms with Crippen molar-refractivity contribution in [2.75, 3.05) is 11.1 Å². The van der Waals surface area contributed by atoms with Gasteiger partial charge in [-0.2, -0.15) is 0 Å². The van der Waals surface area contributed by atoms with Crippen molar-refractivity contribution in [1.82, 2.24) is 4.31 Å². The van der Waals surface area contributed by atoms with Crippen LogP contribution in [0.25, 0.3) is 0 Å². The highest BCUT2D eigenvalue weighted by molar-refractivity contribution is 9.09. The molecule has 19 heavy (non-hydrogen) atoms. The molecule has 0 spiro atoms. The lowest BCUT2D eigenvalue weighted by molar-refractivity contribution is 0.0889. The van der Waals surface area contributed by atoms with Crippen LogP contribution in [0.15, 0.2) is 24.3 Å². The second kappa shape index (κ2) is 7.95. The number of halogens is 1. The molecule has 1 aliphatic heterocycles. The molecule has 4 heteroatoms. The average molecular weight is 342 g/mol. The van der Waals surface area contributed by atoms with Crippen molar-refractivity contribution in [3.05, 3.63) is 35.4 Å². The van der Waals surface area contributed by atoms with Crippen molar-refractivity contribution in [2.45, 2.75) is 38.6 Å². The fourth-order valence-corrected chi connectivity index (χ4v) is 3.63. The smallest absolute Gasteiger partial charge is 0.264 e. The summed E-state index contributed by atoms with van der Waals surface area (Å²) in [6.07, 6.45) is 6.36. The summed E-state index contributed by atoms with van der Waals surface area (Å²) in [7, 11) is 0. The molecule has 0 atom stereocenters. The minimum absolute atomic E-state index is 0.180. The van der Waals surface area contributed by atoms with Crippen LogP contribution in [0.4, 0.5) is 0 Å². The van der Waals surface area contributed by atoms with Crippen molar-refractivity contribution < 1.29 is 4.79 Å². The maximum Gasteiger partial charge on any atom is 0.264 e. The first kappa shape index (κ1) is 14.9. The average Bonchev–Trinajstić information content (AvgIpc) is 2.75. The summed E-state index contributed by atoms with van der Waals surface area (Å²) in [5, 5.41) is 1.11. The predicted octanol–water partition coefficient (Wildman–Crippen LogP) is 4.64. The monoisotopic (exact) mass is 341 g/mol. The third kappa shape index (κ3) is 4.25. The van der Waals surface area contributed by atoms with Crippen LogP contribution in [0.3, 0.4) is 0 Å². The summed E-state index contributed by atoms with van der Waals surface area (Å²) in [5.74, 6) is 1.23. The van der Waals surface area contributed by atoms with Crippen molar-refractivity contribution in [1.29, 1.82) is 0 Å². The molecule has 0 N–H and O–H groups in total. The van der Waals surface area contributed by atoms with Crippen LogP contribution in [0.2, 0.25) is 0 Å². The van der Waals surface area contributed by atoms with Gasteiger partial charge >= 0.3 is 0 Å². The number of alkyl halides is 1. The number of hydrogen-bond acceptors (Lipinski definition) is 2. The van der Waals surface area contributed by atoms with Gasteiger partial charge in [-0.25, -0.2) is 0 Å². The number of unbranched alkanes of at least 4 members (excludes halogenated alkanes) is 4. The van der Waals surface area contributed by atoms with Gasteiger partial charge in [-0.3, -0.25) is 9.10 Å². The first-order valence-electron chi connectivity index (χ1n) is 6.91. The zero-order valence-corrected chi connectivity index (χ0v) is 13.5. The first-order chi connectivity index (χ1) is 9.33. The standard InChI is InChI=1S/C15H20BrNOS/c16-10-6-2-1-3-7-11-19-17-12-13-8-4-5-9-14(13)15(17)18/h4-5,8-9H,1-3,6-7,10-12H2. The van der Waals surface area contributed by atoms with E-state index in [0.29, 0.717) is 0 Å². The van der Waals surface area contributed by atoms with Crippen LogP contribution in [-0.2, 0) is 6.54 Å². The van der Waals surface area contributed by atoms with Gasteiger partial charge in [0.1, 0.15) is 0 Å². The third-order valence-corrected chi connectivity index (χ3v) is 4.95. The van der Waals surface area contributed by atoms with E-state index in [1.54, 1.807) is 11.9 Å². The molecule has 1 amide bonds. The maximum atomic E-state index is 12.1. The van der Waals surface area contributed by atoms with E-state index in [1.807, 2.05) is 28.6 Å². The molecule has 0 saturated carbocycles. The minimum atomic E-state index is 0.180. The van der Waals surface area contributed by atoms with Crippen LogP contribution in [-0.4, -0.2) is 21.3 Å². The lowest BCUT2D eigenvalue weighted by Crippen LogP contribution is -2.16. The van der Waals surface area contributed by atoms with E-state index in [2.05, 4.69) is 15.9 Å². The lowest BCUT2D eigenvalue weighted by atomic mass is 10.1. The van der Waals surface area contributed by atoms with Gasteiger partial charge in [-0.05, 0) is 36.4 Å². The van der Waals surface area contributed by atoms with E-state index >= 15 is 0 Å². The molecular formula is C15H20BrNOS. The molecule has 2 nitrogen and oxygen atoms in total. The molecule has 2 rings (SSSR count). The molecule has 0 aliphatic carbocycles. The van der Waals surface area contributed by atoms with E-state index in [-0.39, 0.29) is 5.91 Å². The predicted molar refractivity (Wildman–Crippen MR) is 85.7 cm³/mol. The fraction of sp³-hybridized carbons (Fsp3) is 0.533. The van der Waals surface area contributed by atoms with Crippen molar-refractivity contribution in [3.8, 4) is 0 Å². The quantitative estimate of drug-likeness (QED) is 0.390. The highest BCUT2D eigenvalue weighted by Crippen LogP contribution is 2.28. The van der Waals surface area contributed by atoms with Gasteiger partial charge in [-0.15, -0.1) is 0 Å². The molecule has 0 aromatic heterocycles.